The third kappa shape index (κ3) is 3.64. The Kier molecular flexibility index (Phi) is 5.03. The van der Waals surface area contributed by atoms with E-state index in [1.807, 2.05) is 12.1 Å². The van der Waals surface area contributed by atoms with Gasteiger partial charge in [0.05, 0.1) is 11.8 Å². The molecule has 0 bridgehead atoms. The third-order valence-corrected chi connectivity index (χ3v) is 5.06. The number of anilines is 1. The lowest BCUT2D eigenvalue weighted by atomic mass is 10.0. The van der Waals surface area contributed by atoms with Gasteiger partial charge in [0, 0.05) is 35.9 Å². The number of hydrazone groups is 1. The van der Waals surface area contributed by atoms with E-state index >= 15 is 0 Å². The van der Waals surface area contributed by atoms with Crippen LogP contribution in [0.15, 0.2) is 59.8 Å². The number of amides is 1. The lowest BCUT2D eigenvalue weighted by molar-refractivity contribution is 0.0955. The molecule has 1 aliphatic rings. The van der Waals surface area contributed by atoms with Crippen LogP contribution in [-0.4, -0.2) is 30.2 Å². The Morgan fingerprint density at radius 2 is 1.85 bits per heavy atom. The maximum atomic E-state index is 12.2. The summed E-state index contributed by atoms with van der Waals surface area (Å²) in [7, 11) is 0. The molecule has 136 valence electrons. The number of aromatic nitrogens is 1. The van der Waals surface area contributed by atoms with Gasteiger partial charge in [-0.2, -0.15) is 5.10 Å². The summed E-state index contributed by atoms with van der Waals surface area (Å²) in [4.78, 5) is 18.5. The van der Waals surface area contributed by atoms with Crippen LogP contribution in [-0.2, 0) is 0 Å². The highest BCUT2D eigenvalue weighted by Crippen LogP contribution is 2.31. The molecule has 5 nitrogen and oxygen atoms in total. The zero-order chi connectivity index (χ0) is 18.6. The third-order valence-electron chi connectivity index (χ3n) is 4.75. The number of benzene rings is 2. The predicted octanol–water partition coefficient (Wildman–Crippen LogP) is 4.25. The fourth-order valence-electron chi connectivity index (χ4n) is 3.43. The topological polar surface area (TPSA) is 57.6 Å². The van der Waals surface area contributed by atoms with Crippen molar-refractivity contribution in [2.45, 2.75) is 12.8 Å². The molecule has 4 rings (SSSR count). The number of fused-ring (bicyclic) bond motifs is 1. The lowest BCUT2D eigenvalue weighted by Gasteiger charge is -2.20. The van der Waals surface area contributed by atoms with E-state index < -0.39 is 0 Å². The molecule has 1 N–H and O–H groups in total. The summed E-state index contributed by atoms with van der Waals surface area (Å²) >= 11 is 5.94. The number of hydrogen-bond donors (Lipinski definition) is 1. The predicted molar refractivity (Wildman–Crippen MR) is 110 cm³/mol. The molecule has 2 heterocycles. The number of rotatable bonds is 4. The van der Waals surface area contributed by atoms with E-state index in [1.54, 1.807) is 18.3 Å². The zero-order valence-corrected chi connectivity index (χ0v) is 15.5. The molecule has 6 heteroatoms. The van der Waals surface area contributed by atoms with E-state index in [0.717, 1.165) is 24.0 Å². The van der Waals surface area contributed by atoms with Gasteiger partial charge in [-0.05, 0) is 36.4 Å². The van der Waals surface area contributed by atoms with Crippen LogP contribution < -0.4 is 10.3 Å². The molecule has 1 aliphatic heterocycles. The van der Waals surface area contributed by atoms with Gasteiger partial charge in [-0.25, -0.2) is 10.4 Å². The number of carbonyl (C=O) groups is 1. The largest absolute Gasteiger partial charge is 0.371 e. The van der Waals surface area contributed by atoms with Gasteiger partial charge < -0.3 is 4.90 Å². The summed E-state index contributed by atoms with van der Waals surface area (Å²) in [6.45, 7) is 2.19. The highest BCUT2D eigenvalue weighted by molar-refractivity contribution is 6.32. The maximum absolute atomic E-state index is 12.2. The van der Waals surface area contributed by atoms with Crippen LogP contribution in [0.3, 0.4) is 0 Å². The Labute approximate surface area is 162 Å². The second-order valence-electron chi connectivity index (χ2n) is 6.45. The fourth-order valence-corrected chi connectivity index (χ4v) is 3.63. The lowest BCUT2D eigenvalue weighted by Crippen LogP contribution is -2.19. The average molecular weight is 379 g/mol. The number of nitrogens with one attached hydrogen (secondary N) is 1. The standard InChI is InChI=1S/C21H19ClN4O/c22-20-18(8-5-11-23-20)21(27)25-24-14-15-9-10-19(26-12-3-4-13-26)17-7-2-1-6-16(15)17/h1-2,5-11,14H,3-4,12-13H2,(H,25,27). The summed E-state index contributed by atoms with van der Waals surface area (Å²) in [5.41, 5.74) is 5.02. The molecule has 1 aromatic heterocycles. The molecule has 1 saturated heterocycles. The van der Waals surface area contributed by atoms with E-state index in [9.17, 15) is 4.79 Å². The van der Waals surface area contributed by atoms with Crippen molar-refractivity contribution < 1.29 is 4.79 Å². The van der Waals surface area contributed by atoms with E-state index in [4.69, 9.17) is 11.6 Å². The van der Waals surface area contributed by atoms with Gasteiger partial charge >= 0.3 is 0 Å². The van der Waals surface area contributed by atoms with Crippen LogP contribution in [0.4, 0.5) is 5.69 Å². The van der Waals surface area contributed by atoms with Gasteiger partial charge in [0.1, 0.15) is 5.15 Å². The Balaban J connectivity index is 1.59. The van der Waals surface area contributed by atoms with Crippen LogP contribution in [0.1, 0.15) is 28.8 Å². The first-order valence-electron chi connectivity index (χ1n) is 8.94. The summed E-state index contributed by atoms with van der Waals surface area (Å²) in [5, 5.41) is 6.58. The molecule has 1 amide bonds. The smallest absolute Gasteiger partial charge is 0.274 e. The van der Waals surface area contributed by atoms with Crippen molar-refractivity contribution in [2.75, 3.05) is 18.0 Å². The van der Waals surface area contributed by atoms with Crippen LogP contribution >= 0.6 is 11.6 Å². The summed E-state index contributed by atoms with van der Waals surface area (Å²) in [5.74, 6) is -0.387. The summed E-state index contributed by atoms with van der Waals surface area (Å²) in [6, 6.07) is 15.7. The first-order chi connectivity index (χ1) is 13.2. The number of hydrogen-bond acceptors (Lipinski definition) is 4. The summed E-state index contributed by atoms with van der Waals surface area (Å²) < 4.78 is 0. The number of pyridine rings is 1. The normalized spacial score (nSPS) is 14.2. The molecule has 2 aromatic carbocycles. The van der Waals surface area contributed by atoms with Gasteiger partial charge in [-0.1, -0.05) is 41.9 Å². The minimum Gasteiger partial charge on any atom is -0.371 e. The number of carbonyl (C=O) groups excluding carboxylic acids is 1. The molecule has 27 heavy (non-hydrogen) atoms. The SMILES string of the molecule is O=C(NN=Cc1ccc(N2CCCC2)c2ccccc12)c1cccnc1Cl. The minimum atomic E-state index is -0.387. The van der Waals surface area contributed by atoms with Gasteiger partial charge in [-0.3, -0.25) is 4.79 Å². The Morgan fingerprint density at radius 1 is 1.07 bits per heavy atom. The van der Waals surface area contributed by atoms with Crippen molar-refractivity contribution >= 4 is 40.2 Å². The molecule has 0 saturated carbocycles. The Bertz CT molecular complexity index is 1010. The van der Waals surface area contributed by atoms with Crippen LogP contribution in [0.25, 0.3) is 10.8 Å². The van der Waals surface area contributed by atoms with Crippen molar-refractivity contribution in [3.8, 4) is 0 Å². The second-order valence-corrected chi connectivity index (χ2v) is 6.81. The van der Waals surface area contributed by atoms with Gasteiger partial charge in [0.25, 0.3) is 5.91 Å². The molecule has 0 radical (unpaired) electrons. The molecule has 0 unspecified atom stereocenters. The first kappa shape index (κ1) is 17.5. The van der Waals surface area contributed by atoms with Gasteiger partial charge in [0.15, 0.2) is 0 Å². The first-order valence-corrected chi connectivity index (χ1v) is 9.32. The van der Waals surface area contributed by atoms with E-state index in [2.05, 4.69) is 44.7 Å². The Hall–Kier alpha value is -2.92. The number of halogens is 1. The molecule has 1 fully saturated rings. The number of nitrogens with zero attached hydrogens (tertiary/aromatic N) is 3. The highest BCUT2D eigenvalue weighted by atomic mass is 35.5. The minimum absolute atomic E-state index is 0.158. The highest BCUT2D eigenvalue weighted by Gasteiger charge is 2.15. The van der Waals surface area contributed by atoms with E-state index in [-0.39, 0.29) is 11.1 Å². The van der Waals surface area contributed by atoms with Crippen LogP contribution in [0.5, 0.6) is 0 Å². The molecule has 3 aromatic rings. The van der Waals surface area contributed by atoms with Crippen molar-refractivity contribution in [1.29, 1.82) is 0 Å². The molecular formula is C21H19ClN4O. The second kappa shape index (κ2) is 7.76. The average Bonchev–Trinajstić information content (AvgIpc) is 3.23. The monoisotopic (exact) mass is 378 g/mol. The molecule has 0 atom stereocenters. The van der Waals surface area contributed by atoms with Crippen molar-refractivity contribution in [1.82, 2.24) is 10.4 Å². The molecule has 0 spiro atoms. The van der Waals surface area contributed by atoms with Gasteiger partial charge in [-0.15, -0.1) is 0 Å². The Morgan fingerprint density at radius 3 is 2.63 bits per heavy atom. The fraction of sp³-hybridized carbons (Fsp3) is 0.190. The maximum Gasteiger partial charge on any atom is 0.274 e. The van der Waals surface area contributed by atoms with Crippen molar-refractivity contribution in [3.05, 3.63) is 71.0 Å². The van der Waals surface area contributed by atoms with E-state index in [0.29, 0.717) is 5.56 Å². The van der Waals surface area contributed by atoms with Crippen LogP contribution in [0, 0.1) is 0 Å². The van der Waals surface area contributed by atoms with Crippen molar-refractivity contribution in [3.63, 3.8) is 0 Å². The quantitative estimate of drug-likeness (QED) is 0.419. The summed E-state index contributed by atoms with van der Waals surface area (Å²) in [6.07, 6.45) is 5.68. The van der Waals surface area contributed by atoms with Gasteiger partial charge in [0.2, 0.25) is 0 Å². The molecular weight excluding hydrogens is 360 g/mol. The molecule has 0 aliphatic carbocycles. The van der Waals surface area contributed by atoms with Crippen LogP contribution in [0.2, 0.25) is 5.15 Å². The zero-order valence-electron chi connectivity index (χ0n) is 14.7. The van der Waals surface area contributed by atoms with Crippen molar-refractivity contribution in [2.24, 2.45) is 5.10 Å². The van der Waals surface area contributed by atoms with E-state index in [1.165, 1.54) is 30.1 Å².